The quantitative estimate of drug-likeness (QED) is 0.311. The van der Waals surface area contributed by atoms with E-state index >= 15 is 0 Å². The minimum Gasteiger partial charge on any atom is -0.547 e. The maximum atomic E-state index is 6.76. The predicted octanol–water partition coefficient (Wildman–Crippen LogP) is 8.40. The van der Waals surface area contributed by atoms with Gasteiger partial charge in [0.15, 0.2) is 0 Å². The average Bonchev–Trinajstić information content (AvgIpc) is 2.76. The van der Waals surface area contributed by atoms with E-state index in [4.69, 9.17) is 8.85 Å². The smallest absolute Gasteiger partial charge is 0.250 e. The molecule has 0 saturated heterocycles. The summed E-state index contributed by atoms with van der Waals surface area (Å²) in [6.45, 7) is 14.0. The van der Waals surface area contributed by atoms with Crippen LogP contribution in [0.2, 0.25) is 36.3 Å². The summed E-state index contributed by atoms with van der Waals surface area (Å²) < 4.78 is 13.5. The Hall–Kier alpha value is -0.486. The maximum Gasteiger partial charge on any atom is 0.250 e. The molecule has 2 aliphatic carbocycles. The Labute approximate surface area is 177 Å². The van der Waals surface area contributed by atoms with Crippen LogP contribution in [0, 0.1) is 11.8 Å². The van der Waals surface area contributed by atoms with Gasteiger partial charge in [-0.2, -0.15) is 0 Å². The van der Waals surface area contributed by atoms with Gasteiger partial charge in [-0.3, -0.25) is 0 Å². The second-order valence-corrected chi connectivity index (χ2v) is 18.5. The Bertz CT molecular complexity index is 468. The number of hydrogen-bond acceptors (Lipinski definition) is 2. The van der Waals surface area contributed by atoms with Crippen LogP contribution >= 0.6 is 0 Å². The van der Waals surface area contributed by atoms with Gasteiger partial charge in [-0.05, 0) is 85.9 Å². The summed E-state index contributed by atoms with van der Waals surface area (Å²) in [6.07, 6.45) is 12.6. The molecule has 0 aromatic rings. The van der Waals surface area contributed by atoms with Crippen molar-refractivity contribution in [3.05, 3.63) is 23.7 Å². The second-order valence-electron chi connectivity index (χ2n) is 9.07. The Balaban J connectivity index is 2.12. The van der Waals surface area contributed by atoms with Gasteiger partial charge in [0.25, 0.3) is 0 Å². The normalized spacial score (nSPS) is 23.8. The third kappa shape index (κ3) is 5.78. The van der Waals surface area contributed by atoms with Gasteiger partial charge in [0.05, 0.1) is 11.5 Å². The molecule has 2 rings (SSSR count). The lowest BCUT2D eigenvalue weighted by Gasteiger charge is -2.36. The van der Waals surface area contributed by atoms with Crippen LogP contribution in [0.3, 0.4) is 0 Å². The molecule has 0 aliphatic heterocycles. The molecular weight excluding hydrogens is 376 g/mol. The fraction of sp³-hybridized carbons (Fsp3) is 0.833. The van der Waals surface area contributed by atoms with Gasteiger partial charge >= 0.3 is 0 Å². The van der Waals surface area contributed by atoms with Crippen LogP contribution in [0.4, 0.5) is 0 Å². The fourth-order valence-corrected chi connectivity index (χ4v) is 10.5. The largest absolute Gasteiger partial charge is 0.547 e. The van der Waals surface area contributed by atoms with Gasteiger partial charge in [-0.1, -0.05) is 41.5 Å². The molecule has 0 bridgehead atoms. The van der Waals surface area contributed by atoms with E-state index in [9.17, 15) is 0 Å². The highest BCUT2D eigenvalue weighted by molar-refractivity contribution is 6.74. The van der Waals surface area contributed by atoms with Crippen LogP contribution in [0.5, 0.6) is 0 Å². The standard InChI is InChI=1S/C24H46O2Si2/c1-7-27(8-2,9-3)25-23-17-13-15-21(19-23)22-16-14-18-24(20-22)26-28(10-4,11-5)12-6/h19-22H,7-18H2,1-6H3. The highest BCUT2D eigenvalue weighted by atomic mass is 28.4. The lowest BCUT2D eigenvalue weighted by atomic mass is 9.79. The third-order valence-electron chi connectivity index (χ3n) is 7.83. The number of allylic oxidation sites excluding steroid dienone is 4. The molecule has 0 radical (unpaired) electrons. The molecule has 0 aromatic heterocycles. The topological polar surface area (TPSA) is 18.5 Å². The zero-order chi connectivity index (χ0) is 20.6. The third-order valence-corrected chi connectivity index (χ3v) is 17.0. The van der Waals surface area contributed by atoms with E-state index in [1.165, 1.54) is 73.5 Å². The van der Waals surface area contributed by atoms with E-state index in [-0.39, 0.29) is 0 Å². The van der Waals surface area contributed by atoms with Gasteiger partial charge in [0.1, 0.15) is 0 Å². The Kier molecular flexibility index (Phi) is 9.39. The molecule has 2 atom stereocenters. The van der Waals surface area contributed by atoms with E-state index in [1.54, 1.807) is 0 Å². The van der Waals surface area contributed by atoms with Gasteiger partial charge in [-0.25, -0.2) is 0 Å². The van der Waals surface area contributed by atoms with Gasteiger partial charge in [0.2, 0.25) is 16.6 Å². The van der Waals surface area contributed by atoms with Crippen molar-refractivity contribution >= 4 is 16.6 Å². The summed E-state index contributed by atoms with van der Waals surface area (Å²) in [6, 6.07) is 7.42. The molecular formula is C24H46O2Si2. The predicted molar refractivity (Wildman–Crippen MR) is 127 cm³/mol. The number of rotatable bonds is 11. The maximum absolute atomic E-state index is 6.76. The van der Waals surface area contributed by atoms with E-state index in [1.807, 2.05) is 0 Å². The molecule has 0 N–H and O–H groups in total. The average molecular weight is 423 g/mol. The van der Waals surface area contributed by atoms with E-state index in [2.05, 4.69) is 53.7 Å². The van der Waals surface area contributed by atoms with Crippen molar-refractivity contribution < 1.29 is 8.85 Å². The minimum atomic E-state index is -1.55. The fourth-order valence-electron chi connectivity index (χ4n) is 5.17. The van der Waals surface area contributed by atoms with Crippen molar-refractivity contribution in [1.29, 1.82) is 0 Å². The zero-order valence-corrected chi connectivity index (χ0v) is 21.6. The minimum absolute atomic E-state index is 0.654. The van der Waals surface area contributed by atoms with E-state index in [0.29, 0.717) is 11.8 Å². The van der Waals surface area contributed by atoms with Crippen molar-refractivity contribution in [3.63, 3.8) is 0 Å². The molecule has 2 unspecified atom stereocenters. The first-order chi connectivity index (χ1) is 13.5. The second kappa shape index (κ2) is 11.1. The van der Waals surface area contributed by atoms with Crippen LogP contribution in [-0.2, 0) is 8.85 Å². The van der Waals surface area contributed by atoms with Crippen LogP contribution in [0.25, 0.3) is 0 Å². The molecule has 4 heteroatoms. The summed E-state index contributed by atoms with van der Waals surface area (Å²) in [5, 5.41) is 0. The molecule has 162 valence electrons. The summed E-state index contributed by atoms with van der Waals surface area (Å²) in [7, 11) is -3.09. The monoisotopic (exact) mass is 422 g/mol. The summed E-state index contributed by atoms with van der Waals surface area (Å²) in [5.74, 6) is 3.96. The molecule has 2 aliphatic rings. The van der Waals surface area contributed by atoms with Crippen molar-refractivity contribution in [1.82, 2.24) is 0 Å². The van der Waals surface area contributed by atoms with Gasteiger partial charge in [-0.15, -0.1) is 0 Å². The van der Waals surface area contributed by atoms with Gasteiger partial charge < -0.3 is 8.85 Å². The molecule has 0 heterocycles. The van der Waals surface area contributed by atoms with Crippen LogP contribution in [-0.4, -0.2) is 16.6 Å². The first-order valence-corrected chi connectivity index (χ1v) is 17.3. The SMILES string of the molecule is CC[Si](CC)(CC)OC1=CC(C2C=C(O[Si](CC)(CC)CC)CCC2)CCC1. The first-order valence-electron chi connectivity index (χ1n) is 12.3. The van der Waals surface area contributed by atoms with Gasteiger partial charge in [0, 0.05) is 12.8 Å². The molecule has 28 heavy (non-hydrogen) atoms. The number of hydrogen-bond donors (Lipinski definition) is 0. The Morgan fingerprint density at radius 3 is 1.25 bits per heavy atom. The van der Waals surface area contributed by atoms with Crippen LogP contribution < -0.4 is 0 Å². The van der Waals surface area contributed by atoms with Crippen molar-refractivity contribution in [3.8, 4) is 0 Å². The van der Waals surface area contributed by atoms with Crippen LogP contribution in [0.1, 0.15) is 80.1 Å². The molecule has 0 aromatic carbocycles. The molecule has 0 spiro atoms. The van der Waals surface area contributed by atoms with Crippen molar-refractivity contribution in [2.75, 3.05) is 0 Å². The summed E-state index contributed by atoms with van der Waals surface area (Å²) in [4.78, 5) is 0. The van der Waals surface area contributed by atoms with E-state index < -0.39 is 16.6 Å². The molecule has 2 nitrogen and oxygen atoms in total. The van der Waals surface area contributed by atoms with E-state index in [0.717, 1.165) is 12.8 Å². The molecule has 0 saturated carbocycles. The highest BCUT2D eigenvalue weighted by Crippen LogP contribution is 2.39. The summed E-state index contributed by atoms with van der Waals surface area (Å²) >= 11 is 0. The van der Waals surface area contributed by atoms with Crippen molar-refractivity contribution in [2.45, 2.75) is 116 Å². The Morgan fingerprint density at radius 1 is 0.643 bits per heavy atom. The molecule has 0 fully saturated rings. The lowest BCUT2D eigenvalue weighted by Crippen LogP contribution is -2.36. The summed E-state index contributed by atoms with van der Waals surface area (Å²) in [5.41, 5.74) is 0. The Morgan fingerprint density at radius 2 is 0.964 bits per heavy atom. The van der Waals surface area contributed by atoms with Crippen LogP contribution in [0.15, 0.2) is 23.7 Å². The molecule has 0 amide bonds. The lowest BCUT2D eigenvalue weighted by molar-refractivity contribution is 0.289. The van der Waals surface area contributed by atoms with Crippen molar-refractivity contribution in [2.24, 2.45) is 11.8 Å². The zero-order valence-electron chi connectivity index (χ0n) is 19.6. The first kappa shape index (κ1) is 23.8. The highest BCUT2D eigenvalue weighted by Gasteiger charge is 2.35.